The van der Waals surface area contributed by atoms with Gasteiger partial charge in [-0.1, -0.05) is 42.5 Å². The van der Waals surface area contributed by atoms with Gasteiger partial charge in [0.25, 0.3) is 16.8 Å². The second kappa shape index (κ2) is 11.0. The zero-order valence-corrected chi connectivity index (χ0v) is 23.2. The van der Waals surface area contributed by atoms with E-state index in [1.165, 1.54) is 15.4 Å². The van der Waals surface area contributed by atoms with Crippen LogP contribution in [0.1, 0.15) is 34.0 Å². The number of benzene rings is 3. The number of nitro groups is 1. The van der Waals surface area contributed by atoms with Crippen molar-refractivity contribution in [3.8, 4) is 11.4 Å². The molecule has 2 N–H and O–H groups in total. The predicted molar refractivity (Wildman–Crippen MR) is 159 cm³/mol. The molecule has 0 radical (unpaired) electrons. The Morgan fingerprint density at radius 2 is 1.29 bits per heavy atom. The molecule has 2 aromatic heterocycles. The Labute approximate surface area is 240 Å². The van der Waals surface area contributed by atoms with E-state index >= 15 is 0 Å². The Hall–Kier alpha value is -5.16. The third-order valence-electron chi connectivity index (χ3n) is 7.72. The normalized spacial score (nSPS) is 13.5. The number of nitro benzene ring substituents is 1. The molecule has 5 aromatic rings. The van der Waals surface area contributed by atoms with E-state index in [4.69, 9.17) is 4.74 Å². The number of H-pyrrole nitrogens is 2. The van der Waals surface area contributed by atoms with Crippen LogP contribution in [0, 0.1) is 24.0 Å². The molecule has 11 heteroatoms. The monoisotopic (exact) mass is 566 g/mol. The molecule has 11 nitrogen and oxygen atoms in total. The van der Waals surface area contributed by atoms with Crippen LogP contribution in [0.3, 0.4) is 0 Å². The molecule has 214 valence electrons. The average molecular weight is 567 g/mol. The van der Waals surface area contributed by atoms with Gasteiger partial charge in [-0.3, -0.25) is 29.9 Å². The van der Waals surface area contributed by atoms with Crippen LogP contribution < -0.4 is 16.0 Å². The van der Waals surface area contributed by atoms with Gasteiger partial charge in [-0.25, -0.2) is 9.36 Å². The van der Waals surface area contributed by atoms with Crippen LogP contribution >= 0.6 is 0 Å². The summed E-state index contributed by atoms with van der Waals surface area (Å²) in [5.74, 6) is -0.884. The van der Waals surface area contributed by atoms with E-state index in [1.54, 1.807) is 26.0 Å². The fraction of sp³-hybridized carbons (Fsp3) is 0.226. The van der Waals surface area contributed by atoms with Gasteiger partial charge in [0.05, 0.1) is 40.6 Å². The summed E-state index contributed by atoms with van der Waals surface area (Å²) in [7, 11) is 0. The van der Waals surface area contributed by atoms with E-state index in [-0.39, 0.29) is 16.8 Å². The fourth-order valence-electron chi connectivity index (χ4n) is 5.73. The van der Waals surface area contributed by atoms with Crippen LogP contribution in [-0.2, 0) is 4.74 Å². The summed E-state index contributed by atoms with van der Waals surface area (Å²) in [6, 6.07) is 23.3. The lowest BCUT2D eigenvalue weighted by Gasteiger charge is -2.29. The number of para-hydroxylation sites is 2. The zero-order valence-electron chi connectivity index (χ0n) is 23.2. The van der Waals surface area contributed by atoms with Crippen molar-refractivity contribution in [3.63, 3.8) is 0 Å². The number of anilines is 1. The largest absolute Gasteiger partial charge is 0.378 e. The van der Waals surface area contributed by atoms with Gasteiger partial charge in [-0.15, -0.1) is 0 Å². The third-order valence-corrected chi connectivity index (χ3v) is 7.72. The van der Waals surface area contributed by atoms with Crippen molar-refractivity contribution in [1.82, 2.24) is 19.6 Å². The lowest BCUT2D eigenvalue weighted by molar-refractivity contribution is -0.384. The Balaban J connectivity index is 1.59. The summed E-state index contributed by atoms with van der Waals surface area (Å²) in [5.41, 5.74) is 3.24. The van der Waals surface area contributed by atoms with Gasteiger partial charge in [-0.05, 0) is 49.7 Å². The highest BCUT2D eigenvalue weighted by Crippen LogP contribution is 2.37. The first-order valence-corrected chi connectivity index (χ1v) is 13.7. The molecule has 0 saturated carbocycles. The standard InChI is InChI=1S/C31H30N6O5/c1-20-27(30(38)35(32-20)23-9-5-3-6-10-23)29(28-21(2)33-36(31(28)39)24-11-7-4-8-12-24)22-13-14-25(26(19-22)37(40)41)34-15-17-42-18-16-34/h3-14,19,29,32-33H,15-18H2,1-2H3. The summed E-state index contributed by atoms with van der Waals surface area (Å²) < 4.78 is 8.31. The van der Waals surface area contributed by atoms with E-state index in [0.717, 1.165) is 0 Å². The SMILES string of the molecule is Cc1[nH]n(-c2ccccc2)c(=O)c1C(c1ccc(N2CCOCC2)c([N+](=O)[O-])c1)c1c(C)[nH]n(-c2ccccc2)c1=O. The van der Waals surface area contributed by atoms with Crippen molar-refractivity contribution in [2.24, 2.45) is 0 Å². The summed E-state index contributed by atoms with van der Waals surface area (Å²) in [6.45, 7) is 5.56. The molecule has 42 heavy (non-hydrogen) atoms. The van der Waals surface area contributed by atoms with Crippen molar-refractivity contribution in [1.29, 1.82) is 0 Å². The number of nitrogens with zero attached hydrogens (tertiary/aromatic N) is 4. The molecular formula is C31H30N6O5. The molecule has 1 saturated heterocycles. The predicted octanol–water partition coefficient (Wildman–Crippen LogP) is 4.19. The van der Waals surface area contributed by atoms with Gasteiger partial charge in [-0.2, -0.15) is 0 Å². The van der Waals surface area contributed by atoms with E-state index in [2.05, 4.69) is 10.2 Å². The number of hydrogen-bond donors (Lipinski definition) is 2. The lowest BCUT2D eigenvalue weighted by Crippen LogP contribution is -2.36. The molecule has 1 fully saturated rings. The number of rotatable bonds is 7. The number of aromatic amines is 2. The van der Waals surface area contributed by atoms with Crippen LogP contribution in [0.5, 0.6) is 0 Å². The van der Waals surface area contributed by atoms with Crippen LogP contribution in [0.2, 0.25) is 0 Å². The molecule has 6 rings (SSSR count). The zero-order chi connectivity index (χ0) is 29.4. The number of nitrogens with one attached hydrogen (secondary N) is 2. The van der Waals surface area contributed by atoms with Crippen LogP contribution in [-0.4, -0.2) is 50.8 Å². The van der Waals surface area contributed by atoms with Crippen LogP contribution in [0.15, 0.2) is 88.5 Å². The van der Waals surface area contributed by atoms with Crippen molar-refractivity contribution in [3.05, 3.63) is 138 Å². The highest BCUT2D eigenvalue weighted by atomic mass is 16.6. The van der Waals surface area contributed by atoms with Gasteiger partial charge < -0.3 is 9.64 Å². The first-order chi connectivity index (χ1) is 20.3. The summed E-state index contributed by atoms with van der Waals surface area (Å²) >= 11 is 0. The molecule has 0 aliphatic carbocycles. The van der Waals surface area contributed by atoms with Gasteiger partial charge >= 0.3 is 0 Å². The van der Waals surface area contributed by atoms with Crippen molar-refractivity contribution < 1.29 is 9.66 Å². The van der Waals surface area contributed by atoms with Gasteiger partial charge in [0, 0.05) is 36.5 Å². The lowest BCUT2D eigenvalue weighted by atomic mass is 9.85. The fourth-order valence-corrected chi connectivity index (χ4v) is 5.73. The molecule has 0 unspecified atom stereocenters. The first-order valence-electron chi connectivity index (χ1n) is 13.7. The molecule has 0 amide bonds. The molecule has 1 aliphatic heterocycles. The van der Waals surface area contributed by atoms with Gasteiger partial charge in [0.2, 0.25) is 0 Å². The van der Waals surface area contributed by atoms with E-state index < -0.39 is 10.8 Å². The molecular weight excluding hydrogens is 536 g/mol. The number of hydrogen-bond acceptors (Lipinski definition) is 6. The van der Waals surface area contributed by atoms with E-state index in [9.17, 15) is 19.7 Å². The first kappa shape index (κ1) is 27.0. The van der Waals surface area contributed by atoms with Crippen molar-refractivity contribution in [2.75, 3.05) is 31.2 Å². The average Bonchev–Trinajstić information content (AvgIpc) is 3.48. The van der Waals surface area contributed by atoms with E-state index in [1.807, 2.05) is 65.6 Å². The number of ether oxygens (including phenoxy) is 1. The highest BCUT2D eigenvalue weighted by molar-refractivity contribution is 5.66. The summed E-state index contributed by atoms with van der Waals surface area (Å²) in [4.78, 5) is 42.0. The molecule has 1 aliphatic rings. The minimum atomic E-state index is -0.884. The number of aryl methyl sites for hydroxylation is 2. The smallest absolute Gasteiger partial charge is 0.292 e. The molecule has 0 bridgehead atoms. The minimum Gasteiger partial charge on any atom is -0.378 e. The molecule has 0 atom stereocenters. The van der Waals surface area contributed by atoms with Crippen molar-refractivity contribution in [2.45, 2.75) is 19.8 Å². The quantitative estimate of drug-likeness (QED) is 0.224. The molecule has 0 spiro atoms. The number of morpholine rings is 1. The van der Waals surface area contributed by atoms with Crippen molar-refractivity contribution >= 4 is 11.4 Å². The maximum Gasteiger partial charge on any atom is 0.292 e. The second-order valence-corrected chi connectivity index (χ2v) is 10.3. The Bertz CT molecular complexity index is 1770. The maximum atomic E-state index is 14.1. The second-order valence-electron chi connectivity index (χ2n) is 10.3. The Morgan fingerprint density at radius 3 is 1.76 bits per heavy atom. The molecule has 3 aromatic carbocycles. The van der Waals surface area contributed by atoms with Gasteiger partial charge in [0.15, 0.2) is 0 Å². The minimum absolute atomic E-state index is 0.0902. The summed E-state index contributed by atoms with van der Waals surface area (Å²) in [5, 5.41) is 18.7. The maximum absolute atomic E-state index is 14.1. The number of aromatic nitrogens is 4. The van der Waals surface area contributed by atoms with Gasteiger partial charge in [0.1, 0.15) is 5.69 Å². The third kappa shape index (κ3) is 4.73. The Kier molecular flexibility index (Phi) is 7.09. The molecule has 3 heterocycles. The topological polar surface area (TPSA) is 131 Å². The Morgan fingerprint density at radius 1 is 0.786 bits per heavy atom. The van der Waals surface area contributed by atoms with Crippen LogP contribution in [0.4, 0.5) is 11.4 Å². The van der Waals surface area contributed by atoms with E-state index in [0.29, 0.717) is 71.4 Å². The highest BCUT2D eigenvalue weighted by Gasteiger charge is 2.33. The summed E-state index contributed by atoms with van der Waals surface area (Å²) in [6.07, 6.45) is 0. The van der Waals surface area contributed by atoms with Crippen LogP contribution in [0.25, 0.3) is 11.4 Å².